The lowest BCUT2D eigenvalue weighted by molar-refractivity contribution is -1.02. The first kappa shape index (κ1) is 16.3. The molecule has 0 amide bonds. The SMILES string of the molecule is COc1cccc(C[NH+]2CC[NH+](Cc3ccc(Cl)cc3)CC2)c1. The molecule has 1 fully saturated rings. The molecule has 2 aromatic rings. The van der Waals surface area contributed by atoms with Crippen molar-refractivity contribution in [1.29, 1.82) is 0 Å². The Labute approximate surface area is 143 Å². The maximum absolute atomic E-state index is 5.95. The number of benzene rings is 2. The minimum absolute atomic E-state index is 0.816. The smallest absolute Gasteiger partial charge is 0.127 e. The van der Waals surface area contributed by atoms with E-state index in [1.807, 2.05) is 18.2 Å². The van der Waals surface area contributed by atoms with Crippen molar-refractivity contribution in [2.45, 2.75) is 13.1 Å². The first-order chi connectivity index (χ1) is 11.2. The monoisotopic (exact) mass is 332 g/mol. The normalized spacial score (nSPS) is 21.1. The van der Waals surface area contributed by atoms with Gasteiger partial charge in [0, 0.05) is 16.1 Å². The fraction of sp³-hybridized carbons (Fsp3) is 0.368. The first-order valence-corrected chi connectivity index (χ1v) is 8.65. The Kier molecular flexibility index (Phi) is 5.55. The van der Waals surface area contributed by atoms with Crippen LogP contribution in [0.25, 0.3) is 0 Å². The predicted molar refractivity (Wildman–Crippen MR) is 93.2 cm³/mol. The molecule has 0 spiro atoms. The second-order valence-electron chi connectivity index (χ2n) is 6.33. The Morgan fingerprint density at radius 2 is 1.48 bits per heavy atom. The fourth-order valence-corrected chi connectivity index (χ4v) is 3.40. The molecule has 23 heavy (non-hydrogen) atoms. The molecule has 0 unspecified atom stereocenters. The van der Waals surface area contributed by atoms with Crippen LogP contribution < -0.4 is 14.5 Å². The van der Waals surface area contributed by atoms with E-state index in [4.69, 9.17) is 16.3 Å². The van der Waals surface area contributed by atoms with Gasteiger partial charge in [-0.3, -0.25) is 0 Å². The van der Waals surface area contributed by atoms with Gasteiger partial charge < -0.3 is 14.5 Å². The highest BCUT2D eigenvalue weighted by Crippen LogP contribution is 2.11. The van der Waals surface area contributed by atoms with Crippen LogP contribution in [0.4, 0.5) is 0 Å². The van der Waals surface area contributed by atoms with Crippen LogP contribution in [0.15, 0.2) is 48.5 Å². The average Bonchev–Trinajstić information content (AvgIpc) is 2.59. The molecule has 4 heteroatoms. The summed E-state index contributed by atoms with van der Waals surface area (Å²) >= 11 is 5.95. The number of nitrogens with one attached hydrogen (secondary N) is 2. The summed E-state index contributed by atoms with van der Waals surface area (Å²) in [5.41, 5.74) is 2.74. The van der Waals surface area contributed by atoms with Gasteiger partial charge in [-0.1, -0.05) is 35.9 Å². The summed E-state index contributed by atoms with van der Waals surface area (Å²) in [7, 11) is 1.73. The van der Waals surface area contributed by atoms with Gasteiger partial charge in [0.1, 0.15) is 45.0 Å². The third-order valence-electron chi connectivity index (χ3n) is 4.62. The number of quaternary nitrogens is 2. The zero-order chi connectivity index (χ0) is 16.1. The summed E-state index contributed by atoms with van der Waals surface area (Å²) in [6.45, 7) is 7.08. The van der Waals surface area contributed by atoms with Crippen LogP contribution in [-0.2, 0) is 13.1 Å². The van der Waals surface area contributed by atoms with Gasteiger partial charge in [0.2, 0.25) is 0 Å². The van der Waals surface area contributed by atoms with Crippen LogP contribution in [0.2, 0.25) is 5.02 Å². The van der Waals surface area contributed by atoms with E-state index >= 15 is 0 Å². The van der Waals surface area contributed by atoms with Crippen LogP contribution >= 0.6 is 11.6 Å². The van der Waals surface area contributed by atoms with E-state index in [0.29, 0.717) is 0 Å². The zero-order valence-corrected chi connectivity index (χ0v) is 14.4. The van der Waals surface area contributed by atoms with Gasteiger partial charge in [0.05, 0.1) is 7.11 Å². The van der Waals surface area contributed by atoms with Gasteiger partial charge >= 0.3 is 0 Å². The van der Waals surface area contributed by atoms with E-state index in [1.54, 1.807) is 16.9 Å². The summed E-state index contributed by atoms with van der Waals surface area (Å²) in [5.74, 6) is 0.953. The standard InChI is InChI=1S/C19H23ClN2O/c1-23-19-4-2-3-17(13-19)15-22-11-9-21(10-12-22)14-16-5-7-18(20)8-6-16/h2-8,13H,9-12,14-15H2,1H3/p+2. The molecule has 0 bridgehead atoms. The highest BCUT2D eigenvalue weighted by Gasteiger charge is 2.23. The molecule has 0 aliphatic carbocycles. The van der Waals surface area contributed by atoms with Crippen LogP contribution in [0.1, 0.15) is 11.1 Å². The van der Waals surface area contributed by atoms with Crippen LogP contribution in [0, 0.1) is 0 Å². The summed E-state index contributed by atoms with van der Waals surface area (Å²) in [6, 6.07) is 16.7. The molecular formula is C19H25ClN2O+2. The lowest BCUT2D eigenvalue weighted by Gasteiger charge is -2.29. The van der Waals surface area contributed by atoms with E-state index in [-0.39, 0.29) is 0 Å². The molecule has 2 N–H and O–H groups in total. The third kappa shape index (κ3) is 4.71. The van der Waals surface area contributed by atoms with Crippen molar-refractivity contribution in [1.82, 2.24) is 0 Å². The van der Waals surface area contributed by atoms with Crippen molar-refractivity contribution >= 4 is 11.6 Å². The molecule has 0 radical (unpaired) electrons. The molecular weight excluding hydrogens is 308 g/mol. The topological polar surface area (TPSA) is 18.1 Å². The molecule has 3 nitrogen and oxygen atoms in total. The lowest BCUT2D eigenvalue weighted by atomic mass is 10.1. The Balaban J connectivity index is 1.49. The predicted octanol–water partition coefficient (Wildman–Crippen LogP) is 0.832. The van der Waals surface area contributed by atoms with Crippen molar-refractivity contribution < 1.29 is 14.5 Å². The van der Waals surface area contributed by atoms with Crippen molar-refractivity contribution in [3.05, 3.63) is 64.7 Å². The molecule has 0 saturated carbocycles. The van der Waals surface area contributed by atoms with Gasteiger partial charge in [-0.2, -0.15) is 0 Å². The number of rotatable bonds is 5. The van der Waals surface area contributed by atoms with Crippen molar-refractivity contribution in [2.75, 3.05) is 33.3 Å². The quantitative estimate of drug-likeness (QED) is 0.830. The number of methoxy groups -OCH3 is 1. The number of hydrogen-bond donors (Lipinski definition) is 2. The van der Waals surface area contributed by atoms with Gasteiger partial charge in [0.25, 0.3) is 0 Å². The van der Waals surface area contributed by atoms with Crippen molar-refractivity contribution in [3.8, 4) is 5.75 Å². The minimum atomic E-state index is 0.816. The van der Waals surface area contributed by atoms with Crippen molar-refractivity contribution in [2.24, 2.45) is 0 Å². The van der Waals surface area contributed by atoms with E-state index in [2.05, 4.69) is 30.3 Å². The second kappa shape index (κ2) is 7.82. The third-order valence-corrected chi connectivity index (χ3v) is 4.87. The molecule has 1 aliphatic heterocycles. The van der Waals surface area contributed by atoms with E-state index in [0.717, 1.165) is 23.9 Å². The van der Waals surface area contributed by atoms with Crippen LogP contribution in [0.5, 0.6) is 5.75 Å². The van der Waals surface area contributed by atoms with Gasteiger partial charge in [-0.15, -0.1) is 0 Å². The summed E-state index contributed by atoms with van der Waals surface area (Å²) in [4.78, 5) is 3.33. The summed E-state index contributed by atoms with van der Waals surface area (Å²) in [6.07, 6.45) is 0. The second-order valence-corrected chi connectivity index (χ2v) is 6.77. The number of ether oxygens (including phenoxy) is 1. The first-order valence-electron chi connectivity index (χ1n) is 8.27. The Bertz CT molecular complexity index is 622. The molecule has 0 aromatic heterocycles. The highest BCUT2D eigenvalue weighted by atomic mass is 35.5. The maximum Gasteiger partial charge on any atom is 0.127 e. The molecule has 3 rings (SSSR count). The zero-order valence-electron chi connectivity index (χ0n) is 13.6. The van der Waals surface area contributed by atoms with E-state index in [1.165, 1.54) is 37.3 Å². The number of halogens is 1. The molecule has 1 aliphatic rings. The highest BCUT2D eigenvalue weighted by molar-refractivity contribution is 6.30. The van der Waals surface area contributed by atoms with Crippen LogP contribution in [0.3, 0.4) is 0 Å². The largest absolute Gasteiger partial charge is 0.497 e. The molecule has 1 saturated heterocycles. The summed E-state index contributed by atoms with van der Waals surface area (Å²) in [5, 5.41) is 0.816. The average molecular weight is 333 g/mol. The van der Waals surface area contributed by atoms with Gasteiger partial charge in [-0.25, -0.2) is 0 Å². The van der Waals surface area contributed by atoms with E-state index < -0.39 is 0 Å². The summed E-state index contributed by atoms with van der Waals surface area (Å²) < 4.78 is 5.31. The fourth-order valence-electron chi connectivity index (χ4n) is 3.27. The molecule has 1 heterocycles. The molecule has 122 valence electrons. The minimum Gasteiger partial charge on any atom is -0.497 e. The molecule has 0 atom stereocenters. The Hall–Kier alpha value is -1.55. The van der Waals surface area contributed by atoms with Gasteiger partial charge in [-0.05, 0) is 24.3 Å². The number of hydrogen-bond acceptors (Lipinski definition) is 1. The molecule has 2 aromatic carbocycles. The Morgan fingerprint density at radius 3 is 2.09 bits per heavy atom. The maximum atomic E-state index is 5.95. The van der Waals surface area contributed by atoms with Crippen LogP contribution in [-0.4, -0.2) is 33.3 Å². The lowest BCUT2D eigenvalue weighted by Crippen LogP contribution is -3.27. The Morgan fingerprint density at radius 1 is 0.870 bits per heavy atom. The van der Waals surface area contributed by atoms with Crippen molar-refractivity contribution in [3.63, 3.8) is 0 Å². The number of piperazine rings is 1. The van der Waals surface area contributed by atoms with Gasteiger partial charge in [0.15, 0.2) is 0 Å². The van der Waals surface area contributed by atoms with E-state index in [9.17, 15) is 0 Å².